The van der Waals surface area contributed by atoms with Gasteiger partial charge in [-0.15, -0.1) is 0 Å². The minimum atomic E-state index is 0.494. The van der Waals surface area contributed by atoms with Crippen molar-refractivity contribution in [1.29, 1.82) is 0 Å². The highest BCUT2D eigenvalue weighted by Gasteiger charge is 2.14. The van der Waals surface area contributed by atoms with Gasteiger partial charge in [0.2, 0.25) is 0 Å². The molecule has 0 aliphatic carbocycles. The van der Waals surface area contributed by atoms with E-state index in [0.717, 1.165) is 39.1 Å². The zero-order chi connectivity index (χ0) is 20.8. The largest absolute Gasteiger partial charge is 0.364 e. The van der Waals surface area contributed by atoms with Crippen LogP contribution in [-0.2, 0) is 0 Å². The topological polar surface area (TPSA) is 78.9 Å². The summed E-state index contributed by atoms with van der Waals surface area (Å²) in [5, 5.41) is 11.3. The summed E-state index contributed by atoms with van der Waals surface area (Å²) < 4.78 is 0. The fraction of sp³-hybridized carbons (Fsp3) is 0.0833. The highest BCUT2D eigenvalue weighted by atomic mass is 15.1. The van der Waals surface area contributed by atoms with Crippen molar-refractivity contribution in [2.24, 2.45) is 4.99 Å². The van der Waals surface area contributed by atoms with Crippen LogP contribution < -0.4 is 5.32 Å². The van der Waals surface area contributed by atoms with Crippen molar-refractivity contribution >= 4 is 23.4 Å². The van der Waals surface area contributed by atoms with E-state index in [-0.39, 0.29) is 0 Å². The third kappa shape index (κ3) is 4.03. The Bertz CT molecular complexity index is 1210. The third-order valence-electron chi connectivity index (χ3n) is 4.69. The number of fused-ring (bicyclic) bond motifs is 1. The van der Waals surface area contributed by atoms with Crippen molar-refractivity contribution in [3.8, 4) is 22.5 Å². The van der Waals surface area contributed by atoms with Crippen LogP contribution in [-0.4, -0.2) is 33.4 Å². The lowest BCUT2D eigenvalue weighted by atomic mass is 10.0. The minimum Gasteiger partial charge on any atom is -0.364 e. The highest BCUT2D eigenvalue weighted by molar-refractivity contribution is 6.02. The van der Waals surface area contributed by atoms with Gasteiger partial charge in [0.25, 0.3) is 0 Å². The second-order valence-electron chi connectivity index (χ2n) is 6.64. The predicted octanol–water partition coefficient (Wildman–Crippen LogP) is 5.26. The van der Waals surface area contributed by atoms with Crippen LogP contribution in [0, 0.1) is 0 Å². The molecule has 2 aromatic heterocycles. The average Bonchev–Trinajstić information content (AvgIpc) is 3.34. The van der Waals surface area contributed by atoms with E-state index in [1.54, 1.807) is 12.4 Å². The lowest BCUT2D eigenvalue weighted by Gasteiger charge is -2.14. The van der Waals surface area contributed by atoms with Gasteiger partial charge in [0.1, 0.15) is 5.82 Å². The summed E-state index contributed by atoms with van der Waals surface area (Å²) in [6, 6.07) is 16.4. The number of benzene rings is 2. The number of aromatic nitrogens is 4. The fourth-order valence-electron chi connectivity index (χ4n) is 3.22. The van der Waals surface area contributed by atoms with Gasteiger partial charge in [0.05, 0.1) is 34.9 Å². The van der Waals surface area contributed by atoms with E-state index in [9.17, 15) is 0 Å². The number of aromatic amines is 1. The molecular weight excluding hydrogens is 372 g/mol. The molecule has 0 radical (unpaired) electrons. The van der Waals surface area contributed by atoms with Crippen LogP contribution in [0.5, 0.6) is 0 Å². The Balaban J connectivity index is 1.87. The van der Waals surface area contributed by atoms with Crippen molar-refractivity contribution in [1.82, 2.24) is 20.2 Å². The molecule has 0 unspecified atom stereocenters. The van der Waals surface area contributed by atoms with Crippen LogP contribution in [0.3, 0.4) is 0 Å². The monoisotopic (exact) mass is 394 g/mol. The van der Waals surface area contributed by atoms with Gasteiger partial charge in [-0.3, -0.25) is 10.1 Å². The summed E-state index contributed by atoms with van der Waals surface area (Å²) in [5.41, 5.74) is 4.69. The number of H-pyrrole nitrogens is 1. The lowest BCUT2D eigenvalue weighted by Crippen LogP contribution is -2.07. The van der Waals surface area contributed by atoms with E-state index in [0.29, 0.717) is 12.4 Å². The lowest BCUT2D eigenvalue weighted by molar-refractivity contribution is 1.09. The number of anilines is 1. The van der Waals surface area contributed by atoms with Gasteiger partial charge < -0.3 is 5.32 Å². The van der Waals surface area contributed by atoms with E-state index >= 15 is 0 Å². The maximum Gasteiger partial charge on any atom is 0.165 e. The van der Waals surface area contributed by atoms with E-state index < -0.39 is 0 Å². The molecule has 148 valence electrons. The van der Waals surface area contributed by atoms with Gasteiger partial charge in [0, 0.05) is 6.20 Å². The van der Waals surface area contributed by atoms with Crippen molar-refractivity contribution < 1.29 is 0 Å². The van der Waals surface area contributed by atoms with Crippen LogP contribution in [0.1, 0.15) is 6.92 Å². The quantitative estimate of drug-likeness (QED) is 0.331. The molecule has 0 fully saturated rings. The van der Waals surface area contributed by atoms with E-state index in [4.69, 9.17) is 9.97 Å². The molecule has 2 N–H and O–H groups in total. The summed E-state index contributed by atoms with van der Waals surface area (Å²) in [6.07, 6.45) is 9.33. The molecule has 6 nitrogen and oxygen atoms in total. The van der Waals surface area contributed by atoms with Gasteiger partial charge in [0.15, 0.2) is 5.82 Å². The smallest absolute Gasteiger partial charge is 0.165 e. The van der Waals surface area contributed by atoms with Gasteiger partial charge in [-0.25, -0.2) is 9.97 Å². The summed E-state index contributed by atoms with van der Waals surface area (Å²) in [7, 11) is 0. The number of rotatable bonds is 7. The van der Waals surface area contributed by atoms with Crippen LogP contribution in [0.15, 0.2) is 89.8 Å². The Hall–Kier alpha value is -4.06. The Morgan fingerprint density at radius 3 is 2.70 bits per heavy atom. The summed E-state index contributed by atoms with van der Waals surface area (Å²) in [6.45, 7) is 6.13. The first kappa shape index (κ1) is 19.3. The molecule has 6 heteroatoms. The first-order valence-electron chi connectivity index (χ1n) is 9.68. The van der Waals surface area contributed by atoms with Gasteiger partial charge in [-0.2, -0.15) is 5.10 Å². The summed E-state index contributed by atoms with van der Waals surface area (Å²) in [5.74, 6) is 1.35. The Morgan fingerprint density at radius 1 is 1.10 bits per heavy atom. The molecule has 2 heterocycles. The normalized spacial score (nSPS) is 11.8. The predicted molar refractivity (Wildman–Crippen MR) is 123 cm³/mol. The van der Waals surface area contributed by atoms with Crippen molar-refractivity contribution in [2.45, 2.75) is 6.92 Å². The molecule has 0 amide bonds. The third-order valence-corrected chi connectivity index (χ3v) is 4.69. The maximum absolute atomic E-state index is 4.83. The molecule has 0 saturated carbocycles. The summed E-state index contributed by atoms with van der Waals surface area (Å²) in [4.78, 5) is 13.7. The van der Waals surface area contributed by atoms with E-state index in [1.165, 1.54) is 0 Å². The van der Waals surface area contributed by atoms with Gasteiger partial charge >= 0.3 is 0 Å². The number of nitrogens with one attached hydrogen (secondary N) is 2. The van der Waals surface area contributed by atoms with Gasteiger partial charge in [-0.05, 0) is 36.9 Å². The van der Waals surface area contributed by atoms with Crippen LogP contribution in [0.25, 0.3) is 33.4 Å². The van der Waals surface area contributed by atoms with Crippen LogP contribution >= 0.6 is 0 Å². The molecule has 0 atom stereocenters. The molecule has 0 spiro atoms. The molecule has 4 rings (SSSR count). The first-order chi connectivity index (χ1) is 14.8. The van der Waals surface area contributed by atoms with Crippen molar-refractivity contribution in [3.05, 3.63) is 84.8 Å². The highest BCUT2D eigenvalue weighted by Crippen LogP contribution is 2.33. The summed E-state index contributed by atoms with van der Waals surface area (Å²) >= 11 is 0. The molecule has 0 aliphatic heterocycles. The first-order valence-corrected chi connectivity index (χ1v) is 9.68. The molecule has 0 aliphatic rings. The van der Waals surface area contributed by atoms with Crippen LogP contribution in [0.4, 0.5) is 5.82 Å². The second-order valence-corrected chi connectivity index (χ2v) is 6.64. The maximum atomic E-state index is 4.83. The molecule has 4 aromatic rings. The standard InChI is InChI=1S/C24H22N6/c1-3-4-11-19(25-2)16-26-24-22-20(17-9-6-5-7-10-17)12-8-13-21(22)29-23(30-24)18-14-27-28-15-18/h3-15H,2,16H2,1H3,(H,27,28)(H,26,29,30)/b4-3-,19-11-. The Kier molecular flexibility index (Phi) is 5.75. The Labute approximate surface area is 175 Å². The zero-order valence-corrected chi connectivity index (χ0v) is 16.7. The number of hydrogen-bond acceptors (Lipinski definition) is 5. The SMILES string of the molecule is C=N/C(=C\C=C/C)CNc1nc(-c2cn[nH]c2)nc2cccc(-c3ccccc3)c12. The number of aliphatic imine (C=N–C) groups is 1. The van der Waals surface area contributed by atoms with Gasteiger partial charge in [-0.1, -0.05) is 54.6 Å². The second kappa shape index (κ2) is 8.96. The number of hydrogen-bond donors (Lipinski definition) is 2. The van der Waals surface area contributed by atoms with Crippen LogP contribution in [0.2, 0.25) is 0 Å². The zero-order valence-electron chi connectivity index (χ0n) is 16.7. The minimum absolute atomic E-state index is 0.494. The fourth-order valence-corrected chi connectivity index (χ4v) is 3.22. The number of allylic oxidation sites excluding steroid dienone is 3. The molecule has 2 aromatic carbocycles. The Morgan fingerprint density at radius 2 is 1.97 bits per heavy atom. The van der Waals surface area contributed by atoms with E-state index in [2.05, 4.69) is 45.4 Å². The van der Waals surface area contributed by atoms with Crippen molar-refractivity contribution in [2.75, 3.05) is 11.9 Å². The molecular formula is C24H22N6. The molecule has 0 saturated heterocycles. The molecule has 30 heavy (non-hydrogen) atoms. The average molecular weight is 394 g/mol. The van der Waals surface area contributed by atoms with Crippen molar-refractivity contribution in [3.63, 3.8) is 0 Å². The number of nitrogens with zero attached hydrogens (tertiary/aromatic N) is 4. The van der Waals surface area contributed by atoms with E-state index in [1.807, 2.05) is 55.5 Å². The molecule has 0 bridgehead atoms.